The van der Waals surface area contributed by atoms with Crippen LogP contribution in [0.3, 0.4) is 0 Å². The van der Waals surface area contributed by atoms with Gasteiger partial charge in [-0.25, -0.2) is 4.79 Å². The van der Waals surface area contributed by atoms with Crippen molar-refractivity contribution < 1.29 is 19.4 Å². The number of carbonyl (C=O) groups is 1. The molecule has 110 valence electrons. The van der Waals surface area contributed by atoms with Crippen molar-refractivity contribution in [2.45, 2.75) is 25.3 Å². The second-order valence-electron chi connectivity index (χ2n) is 5.14. The predicted octanol–water partition coefficient (Wildman–Crippen LogP) is 2.10. The molecule has 0 bridgehead atoms. The van der Waals surface area contributed by atoms with Gasteiger partial charge in [0.05, 0.1) is 14.2 Å². The summed E-state index contributed by atoms with van der Waals surface area (Å²) in [5.41, 5.74) is -0.468. The van der Waals surface area contributed by atoms with Crippen LogP contribution in [0.15, 0.2) is 18.2 Å². The van der Waals surface area contributed by atoms with Gasteiger partial charge in [0.1, 0.15) is 17.0 Å². The standard InChI is InChI=1S/C15H21NO4/c1-15(14(17)18,16-8-4-5-9-16)12-10-11(19-2)6-7-13(12)20-3/h6-7,10H,4-5,8-9H2,1-3H3,(H,17,18). The molecule has 1 atom stereocenters. The minimum absolute atomic E-state index is 0.572. The molecule has 1 N–H and O–H groups in total. The Hall–Kier alpha value is -1.75. The molecular formula is C15H21NO4. The number of carboxylic acids is 1. The molecule has 0 aromatic heterocycles. The minimum atomic E-state index is -1.10. The molecule has 1 fully saturated rings. The Morgan fingerprint density at radius 3 is 2.40 bits per heavy atom. The highest BCUT2D eigenvalue weighted by Gasteiger charge is 2.44. The quantitative estimate of drug-likeness (QED) is 0.894. The van der Waals surface area contributed by atoms with Gasteiger partial charge in [0.2, 0.25) is 0 Å². The molecule has 5 heteroatoms. The van der Waals surface area contributed by atoms with Crippen molar-refractivity contribution in [3.63, 3.8) is 0 Å². The van der Waals surface area contributed by atoms with Crippen LogP contribution in [-0.2, 0) is 10.3 Å². The summed E-state index contributed by atoms with van der Waals surface area (Å²) in [6.07, 6.45) is 2.05. The van der Waals surface area contributed by atoms with Crippen molar-refractivity contribution >= 4 is 5.97 Å². The highest BCUT2D eigenvalue weighted by atomic mass is 16.5. The van der Waals surface area contributed by atoms with E-state index in [2.05, 4.69) is 0 Å². The molecule has 20 heavy (non-hydrogen) atoms. The van der Waals surface area contributed by atoms with Crippen LogP contribution in [0, 0.1) is 0 Å². The summed E-state index contributed by atoms with van der Waals surface area (Å²) in [4.78, 5) is 13.9. The first-order valence-electron chi connectivity index (χ1n) is 6.75. The zero-order valence-electron chi connectivity index (χ0n) is 12.2. The van der Waals surface area contributed by atoms with E-state index in [1.807, 2.05) is 4.90 Å². The molecule has 0 spiro atoms. The highest BCUT2D eigenvalue weighted by Crippen LogP contribution is 2.39. The van der Waals surface area contributed by atoms with Gasteiger partial charge in [0.15, 0.2) is 0 Å². The molecule has 1 aliphatic rings. The van der Waals surface area contributed by atoms with Crippen LogP contribution in [0.4, 0.5) is 0 Å². The SMILES string of the molecule is COc1ccc(OC)c(C(C)(C(=O)O)N2CCCC2)c1. The van der Waals surface area contributed by atoms with Crippen molar-refractivity contribution in [2.75, 3.05) is 27.3 Å². The van der Waals surface area contributed by atoms with Crippen LogP contribution in [-0.4, -0.2) is 43.3 Å². The summed E-state index contributed by atoms with van der Waals surface area (Å²) in [6.45, 7) is 3.30. The smallest absolute Gasteiger partial charge is 0.328 e. The van der Waals surface area contributed by atoms with E-state index < -0.39 is 11.5 Å². The number of carboxylic acid groups (broad SMARTS) is 1. The zero-order chi connectivity index (χ0) is 14.8. The maximum Gasteiger partial charge on any atom is 0.328 e. The third-order valence-electron chi connectivity index (χ3n) is 4.09. The fourth-order valence-electron chi connectivity index (χ4n) is 2.78. The van der Waals surface area contributed by atoms with Gasteiger partial charge in [-0.3, -0.25) is 4.90 Å². The van der Waals surface area contributed by atoms with E-state index in [1.165, 1.54) is 0 Å². The van der Waals surface area contributed by atoms with Gasteiger partial charge in [-0.15, -0.1) is 0 Å². The van der Waals surface area contributed by atoms with Gasteiger partial charge in [0, 0.05) is 5.56 Å². The lowest BCUT2D eigenvalue weighted by molar-refractivity contribution is -0.150. The van der Waals surface area contributed by atoms with Crippen LogP contribution in [0.5, 0.6) is 11.5 Å². The highest BCUT2D eigenvalue weighted by molar-refractivity contribution is 5.81. The van der Waals surface area contributed by atoms with Gasteiger partial charge in [0.25, 0.3) is 0 Å². The van der Waals surface area contributed by atoms with E-state index >= 15 is 0 Å². The molecule has 1 aromatic carbocycles. The normalized spacial score (nSPS) is 18.6. The first-order valence-corrected chi connectivity index (χ1v) is 6.75. The lowest BCUT2D eigenvalue weighted by Gasteiger charge is -2.36. The number of hydrogen-bond acceptors (Lipinski definition) is 4. The van der Waals surface area contributed by atoms with Crippen molar-refractivity contribution in [1.82, 2.24) is 4.90 Å². The summed E-state index contributed by atoms with van der Waals surface area (Å²) in [7, 11) is 3.12. The van der Waals surface area contributed by atoms with E-state index in [0.29, 0.717) is 17.1 Å². The number of benzene rings is 1. The van der Waals surface area contributed by atoms with Crippen LogP contribution >= 0.6 is 0 Å². The van der Waals surface area contributed by atoms with Crippen molar-refractivity contribution in [2.24, 2.45) is 0 Å². The van der Waals surface area contributed by atoms with Gasteiger partial charge in [-0.05, 0) is 51.1 Å². The molecule has 1 unspecified atom stereocenters. The number of hydrogen-bond donors (Lipinski definition) is 1. The fraction of sp³-hybridized carbons (Fsp3) is 0.533. The van der Waals surface area contributed by atoms with E-state index in [-0.39, 0.29) is 0 Å². The van der Waals surface area contributed by atoms with Crippen molar-refractivity contribution in [3.8, 4) is 11.5 Å². The van der Waals surface area contributed by atoms with Gasteiger partial charge >= 0.3 is 5.97 Å². The molecule has 1 heterocycles. The Bertz CT molecular complexity index is 497. The maximum atomic E-state index is 11.9. The monoisotopic (exact) mass is 279 g/mol. The molecule has 0 radical (unpaired) electrons. The molecule has 1 aliphatic heterocycles. The molecule has 0 aliphatic carbocycles. The Kier molecular flexibility index (Phi) is 4.18. The number of nitrogens with zero attached hydrogens (tertiary/aromatic N) is 1. The van der Waals surface area contributed by atoms with Crippen molar-refractivity contribution in [3.05, 3.63) is 23.8 Å². The van der Waals surface area contributed by atoms with Gasteiger partial charge in [-0.2, -0.15) is 0 Å². The predicted molar refractivity (Wildman–Crippen MR) is 75.3 cm³/mol. The summed E-state index contributed by atoms with van der Waals surface area (Å²) in [6, 6.07) is 5.28. The molecule has 0 amide bonds. The molecule has 5 nitrogen and oxygen atoms in total. The second kappa shape index (κ2) is 5.71. The van der Waals surface area contributed by atoms with Crippen LogP contribution in [0.2, 0.25) is 0 Å². The van der Waals surface area contributed by atoms with Crippen LogP contribution in [0.1, 0.15) is 25.3 Å². The lowest BCUT2D eigenvalue weighted by atomic mass is 9.89. The van der Waals surface area contributed by atoms with Gasteiger partial charge < -0.3 is 14.6 Å². The number of aliphatic carboxylic acids is 1. The second-order valence-corrected chi connectivity index (χ2v) is 5.14. The summed E-state index contributed by atoms with van der Waals surface area (Å²) in [5.74, 6) is 0.334. The zero-order valence-corrected chi connectivity index (χ0v) is 12.2. The molecule has 2 rings (SSSR count). The third-order valence-corrected chi connectivity index (χ3v) is 4.09. The summed E-state index contributed by atoms with van der Waals surface area (Å²) < 4.78 is 10.6. The average molecular weight is 279 g/mol. The Morgan fingerprint density at radius 1 is 1.25 bits per heavy atom. The van der Waals surface area contributed by atoms with E-state index in [1.54, 1.807) is 39.3 Å². The van der Waals surface area contributed by atoms with E-state index in [0.717, 1.165) is 25.9 Å². The lowest BCUT2D eigenvalue weighted by Crippen LogP contribution is -2.48. The van der Waals surface area contributed by atoms with E-state index in [4.69, 9.17) is 9.47 Å². The Labute approximate surface area is 119 Å². The topological polar surface area (TPSA) is 59.0 Å². The molecular weight excluding hydrogens is 258 g/mol. The third kappa shape index (κ3) is 2.33. The number of rotatable bonds is 5. The first kappa shape index (κ1) is 14.7. The summed E-state index contributed by atoms with van der Waals surface area (Å²) in [5, 5.41) is 9.79. The van der Waals surface area contributed by atoms with Crippen LogP contribution in [0.25, 0.3) is 0 Å². The molecule has 0 saturated carbocycles. The average Bonchev–Trinajstić information content (AvgIpc) is 3.00. The minimum Gasteiger partial charge on any atom is -0.497 e. The van der Waals surface area contributed by atoms with Crippen LogP contribution < -0.4 is 9.47 Å². The molecule has 1 saturated heterocycles. The number of ether oxygens (including phenoxy) is 2. The number of methoxy groups -OCH3 is 2. The fourth-order valence-corrected chi connectivity index (χ4v) is 2.78. The maximum absolute atomic E-state index is 11.9. The first-order chi connectivity index (χ1) is 9.53. The number of likely N-dealkylation sites (tertiary alicyclic amines) is 1. The Morgan fingerprint density at radius 2 is 1.90 bits per heavy atom. The molecule has 1 aromatic rings. The Balaban J connectivity index is 2.55. The van der Waals surface area contributed by atoms with Gasteiger partial charge in [-0.1, -0.05) is 0 Å². The summed E-state index contributed by atoms with van der Waals surface area (Å²) >= 11 is 0. The van der Waals surface area contributed by atoms with E-state index in [9.17, 15) is 9.90 Å². The van der Waals surface area contributed by atoms with Crippen molar-refractivity contribution in [1.29, 1.82) is 0 Å². The largest absolute Gasteiger partial charge is 0.497 e.